The average molecular weight is 332 g/mol. The molecule has 1 aliphatic carbocycles. The molecule has 2 fully saturated rings. The van der Waals surface area contributed by atoms with Crippen molar-refractivity contribution in [2.45, 2.75) is 44.8 Å². The van der Waals surface area contributed by atoms with E-state index in [1.807, 2.05) is 30.2 Å². The monoisotopic (exact) mass is 332 g/mol. The van der Waals surface area contributed by atoms with Crippen molar-refractivity contribution in [1.82, 2.24) is 20.1 Å². The minimum Gasteiger partial charge on any atom is -0.474 e. The summed E-state index contributed by atoms with van der Waals surface area (Å²) in [4.78, 5) is 20.8. The molecule has 2 heterocycles. The van der Waals surface area contributed by atoms with Gasteiger partial charge in [0.25, 0.3) is 0 Å². The number of pyridine rings is 1. The van der Waals surface area contributed by atoms with E-state index in [1.54, 1.807) is 0 Å². The summed E-state index contributed by atoms with van der Waals surface area (Å²) in [6.07, 6.45) is 5.90. The summed E-state index contributed by atoms with van der Waals surface area (Å²) in [5, 5.41) is 3.19. The van der Waals surface area contributed by atoms with Crippen LogP contribution in [0.2, 0.25) is 0 Å². The number of ether oxygens (including phenoxy) is 1. The lowest BCUT2D eigenvalue weighted by molar-refractivity contribution is 0.125. The number of rotatable bonds is 3. The van der Waals surface area contributed by atoms with Crippen LogP contribution in [0.3, 0.4) is 0 Å². The molecule has 2 amide bonds. The molecule has 1 aromatic heterocycles. The van der Waals surface area contributed by atoms with E-state index >= 15 is 0 Å². The molecule has 132 valence electrons. The van der Waals surface area contributed by atoms with Gasteiger partial charge in [0.1, 0.15) is 6.10 Å². The van der Waals surface area contributed by atoms with Crippen molar-refractivity contribution < 1.29 is 9.53 Å². The van der Waals surface area contributed by atoms with E-state index in [1.165, 1.54) is 0 Å². The number of urea groups is 1. The number of carbonyl (C=O) groups is 1. The van der Waals surface area contributed by atoms with Crippen LogP contribution in [0.5, 0.6) is 5.88 Å². The van der Waals surface area contributed by atoms with E-state index in [0.717, 1.165) is 57.4 Å². The molecule has 1 N–H and O–H groups in total. The van der Waals surface area contributed by atoms with Crippen molar-refractivity contribution in [2.24, 2.45) is 0 Å². The van der Waals surface area contributed by atoms with Gasteiger partial charge >= 0.3 is 6.03 Å². The van der Waals surface area contributed by atoms with Crippen molar-refractivity contribution in [1.29, 1.82) is 0 Å². The molecule has 1 saturated carbocycles. The Hall–Kier alpha value is -1.82. The van der Waals surface area contributed by atoms with Crippen molar-refractivity contribution in [3.63, 3.8) is 0 Å². The largest absolute Gasteiger partial charge is 0.474 e. The summed E-state index contributed by atoms with van der Waals surface area (Å²) in [5.74, 6) is 0.700. The molecule has 2 aliphatic rings. The number of hydrogen-bond donors (Lipinski definition) is 1. The van der Waals surface area contributed by atoms with Gasteiger partial charge in [-0.1, -0.05) is 6.07 Å². The summed E-state index contributed by atoms with van der Waals surface area (Å²) in [7, 11) is 2.10. The van der Waals surface area contributed by atoms with Gasteiger partial charge in [0.15, 0.2) is 0 Å². The van der Waals surface area contributed by atoms with E-state index in [2.05, 4.69) is 22.2 Å². The number of hydrogen-bond acceptors (Lipinski definition) is 4. The Kier molecular flexibility index (Phi) is 5.56. The summed E-state index contributed by atoms with van der Waals surface area (Å²) in [6, 6.07) is 4.30. The third kappa shape index (κ3) is 4.60. The fraction of sp³-hybridized carbons (Fsp3) is 0.667. The summed E-state index contributed by atoms with van der Waals surface area (Å²) in [6.45, 7) is 5.57. The van der Waals surface area contributed by atoms with E-state index in [0.29, 0.717) is 5.88 Å². The first-order chi connectivity index (χ1) is 11.6. The van der Waals surface area contributed by atoms with E-state index in [-0.39, 0.29) is 18.2 Å². The molecule has 0 spiro atoms. The number of amides is 2. The molecule has 6 heteroatoms. The fourth-order valence-electron chi connectivity index (χ4n) is 3.30. The van der Waals surface area contributed by atoms with Crippen LogP contribution in [0.15, 0.2) is 18.3 Å². The Balaban J connectivity index is 1.40. The molecule has 0 aromatic carbocycles. The van der Waals surface area contributed by atoms with E-state index in [4.69, 9.17) is 4.74 Å². The van der Waals surface area contributed by atoms with Crippen LogP contribution in [-0.4, -0.2) is 66.2 Å². The molecular weight excluding hydrogens is 304 g/mol. The number of aromatic nitrogens is 1. The molecule has 24 heavy (non-hydrogen) atoms. The first-order valence-electron chi connectivity index (χ1n) is 8.93. The quantitative estimate of drug-likeness (QED) is 0.920. The van der Waals surface area contributed by atoms with E-state index in [9.17, 15) is 4.79 Å². The highest BCUT2D eigenvalue weighted by atomic mass is 16.5. The van der Waals surface area contributed by atoms with Crippen LogP contribution < -0.4 is 10.1 Å². The molecule has 0 radical (unpaired) electrons. The molecule has 1 aromatic rings. The summed E-state index contributed by atoms with van der Waals surface area (Å²) >= 11 is 0. The lowest BCUT2D eigenvalue weighted by atomic mass is 9.93. The van der Waals surface area contributed by atoms with Crippen LogP contribution in [0.1, 0.15) is 31.2 Å². The smallest absolute Gasteiger partial charge is 0.317 e. The van der Waals surface area contributed by atoms with Gasteiger partial charge in [-0.3, -0.25) is 0 Å². The third-order valence-electron chi connectivity index (χ3n) is 4.96. The maximum Gasteiger partial charge on any atom is 0.317 e. The normalized spacial score (nSPS) is 25.3. The number of piperazine rings is 1. The first kappa shape index (κ1) is 17.0. The van der Waals surface area contributed by atoms with Gasteiger partial charge < -0.3 is 19.9 Å². The Labute approximate surface area is 144 Å². The van der Waals surface area contributed by atoms with E-state index < -0.39 is 0 Å². The maximum atomic E-state index is 12.3. The number of likely N-dealkylation sites (N-methyl/N-ethyl adjacent to an activating group) is 1. The highest BCUT2D eigenvalue weighted by molar-refractivity contribution is 5.74. The number of aryl methyl sites for hydroxylation is 1. The first-order valence-corrected chi connectivity index (χ1v) is 8.93. The van der Waals surface area contributed by atoms with Crippen molar-refractivity contribution in [3.05, 3.63) is 23.9 Å². The molecule has 6 nitrogen and oxygen atoms in total. The summed E-state index contributed by atoms with van der Waals surface area (Å²) in [5.41, 5.74) is 1.14. The highest BCUT2D eigenvalue weighted by Gasteiger charge is 2.26. The standard InChI is InChI=1S/C18H28N4O2/c1-14-3-8-17(19-13-14)24-16-6-4-15(5-7-16)20-18(23)22-11-9-21(2)10-12-22/h3,8,13,15-16H,4-7,9-12H2,1-2H3,(H,20,23). The van der Waals surface area contributed by atoms with Gasteiger partial charge in [0.2, 0.25) is 5.88 Å². The van der Waals surface area contributed by atoms with Crippen LogP contribution in [0, 0.1) is 6.92 Å². The Morgan fingerprint density at radius 1 is 1.17 bits per heavy atom. The average Bonchev–Trinajstić information content (AvgIpc) is 2.59. The predicted octanol–water partition coefficient (Wildman–Crippen LogP) is 2.04. The SMILES string of the molecule is Cc1ccc(OC2CCC(NC(=O)N3CCN(C)CC3)CC2)nc1. The molecule has 1 saturated heterocycles. The molecule has 3 rings (SSSR count). The fourth-order valence-corrected chi connectivity index (χ4v) is 3.30. The Morgan fingerprint density at radius 3 is 2.50 bits per heavy atom. The van der Waals surface area contributed by atoms with Crippen molar-refractivity contribution >= 4 is 6.03 Å². The zero-order chi connectivity index (χ0) is 16.9. The Bertz CT molecular complexity index is 532. The maximum absolute atomic E-state index is 12.3. The molecule has 1 aliphatic heterocycles. The van der Waals surface area contributed by atoms with Crippen LogP contribution in [0.4, 0.5) is 4.79 Å². The minimum absolute atomic E-state index is 0.0904. The Morgan fingerprint density at radius 2 is 1.88 bits per heavy atom. The van der Waals surface area contributed by atoms with Crippen molar-refractivity contribution in [3.8, 4) is 5.88 Å². The van der Waals surface area contributed by atoms with Crippen molar-refractivity contribution in [2.75, 3.05) is 33.2 Å². The van der Waals surface area contributed by atoms with Gasteiger partial charge in [-0.15, -0.1) is 0 Å². The van der Waals surface area contributed by atoms with Gasteiger partial charge in [0, 0.05) is 44.5 Å². The number of carbonyl (C=O) groups excluding carboxylic acids is 1. The third-order valence-corrected chi connectivity index (χ3v) is 4.96. The number of nitrogens with one attached hydrogen (secondary N) is 1. The predicted molar refractivity (Wildman–Crippen MR) is 93.2 cm³/mol. The lowest BCUT2D eigenvalue weighted by Gasteiger charge is -2.35. The van der Waals surface area contributed by atoms with Crippen LogP contribution in [0.25, 0.3) is 0 Å². The van der Waals surface area contributed by atoms with Crippen LogP contribution in [-0.2, 0) is 0 Å². The second-order valence-electron chi connectivity index (χ2n) is 7.01. The summed E-state index contributed by atoms with van der Waals surface area (Å²) < 4.78 is 5.95. The van der Waals surface area contributed by atoms with Crippen LogP contribution >= 0.6 is 0 Å². The lowest BCUT2D eigenvalue weighted by Crippen LogP contribution is -2.53. The second-order valence-corrected chi connectivity index (χ2v) is 7.01. The highest BCUT2D eigenvalue weighted by Crippen LogP contribution is 2.23. The van der Waals surface area contributed by atoms with Gasteiger partial charge in [-0.25, -0.2) is 9.78 Å². The molecule has 0 bridgehead atoms. The molecular formula is C18H28N4O2. The zero-order valence-corrected chi connectivity index (χ0v) is 14.7. The molecule has 0 unspecified atom stereocenters. The number of nitrogens with zero attached hydrogens (tertiary/aromatic N) is 3. The van der Waals surface area contributed by atoms with Gasteiger partial charge in [-0.2, -0.15) is 0 Å². The van der Waals surface area contributed by atoms with Gasteiger partial charge in [0.05, 0.1) is 0 Å². The zero-order valence-electron chi connectivity index (χ0n) is 14.7. The van der Waals surface area contributed by atoms with Gasteiger partial charge in [-0.05, 0) is 45.2 Å². The second kappa shape index (κ2) is 7.83. The molecule has 0 atom stereocenters. The topological polar surface area (TPSA) is 57.7 Å². The minimum atomic E-state index is 0.0904.